The summed E-state index contributed by atoms with van der Waals surface area (Å²) in [5.41, 5.74) is 0. The minimum atomic E-state index is 0. The topological polar surface area (TPSA) is 70.4 Å². The third-order valence-corrected chi connectivity index (χ3v) is 4.65. The van der Waals surface area contributed by atoms with Gasteiger partial charge in [-0.05, 0) is 38.8 Å². The third kappa shape index (κ3) is 5.03. The third-order valence-electron chi connectivity index (χ3n) is 4.65. The fourth-order valence-electron chi connectivity index (χ4n) is 3.42. The molecule has 130 valence electrons. The van der Waals surface area contributed by atoms with Gasteiger partial charge in [-0.2, -0.15) is 5.10 Å². The van der Waals surface area contributed by atoms with Gasteiger partial charge in [0.1, 0.15) is 12.2 Å². The van der Waals surface area contributed by atoms with Crippen LogP contribution < -0.4 is 10.6 Å². The van der Waals surface area contributed by atoms with Crippen molar-refractivity contribution in [1.29, 1.82) is 0 Å². The zero-order chi connectivity index (χ0) is 15.4. The van der Waals surface area contributed by atoms with E-state index in [0.29, 0.717) is 12.0 Å². The highest BCUT2D eigenvalue weighted by atomic mass is 127. The number of hydrogen-bond acceptors (Lipinski definition) is 4. The standard InChI is InChI=1S/C15H27N7.HI/c1-16-15(17-8-12-4-3-7-21(2)9-12)20-13-5-6-14-18-11-19-22(14)10-13;/h11-13H,3-10H2,1-2H3,(H2,16,17,20);1H. The lowest BCUT2D eigenvalue weighted by Crippen LogP contribution is -2.49. The Kier molecular flexibility index (Phi) is 7.07. The first-order valence-corrected chi connectivity index (χ1v) is 8.27. The van der Waals surface area contributed by atoms with Crippen molar-refractivity contribution in [1.82, 2.24) is 30.3 Å². The number of nitrogens with zero attached hydrogens (tertiary/aromatic N) is 5. The number of aliphatic imine (C=N–C) groups is 1. The molecule has 1 aromatic heterocycles. The first-order chi connectivity index (χ1) is 10.7. The van der Waals surface area contributed by atoms with Gasteiger partial charge in [0.25, 0.3) is 0 Å². The van der Waals surface area contributed by atoms with Crippen LogP contribution in [0, 0.1) is 5.92 Å². The lowest BCUT2D eigenvalue weighted by Gasteiger charge is -2.31. The lowest BCUT2D eigenvalue weighted by molar-refractivity contribution is 0.210. The molecule has 0 bridgehead atoms. The molecule has 0 aliphatic carbocycles. The summed E-state index contributed by atoms with van der Waals surface area (Å²) in [6, 6.07) is 0.370. The van der Waals surface area contributed by atoms with Crippen molar-refractivity contribution >= 4 is 29.9 Å². The second kappa shape index (κ2) is 8.81. The Morgan fingerprint density at radius 3 is 3.04 bits per heavy atom. The van der Waals surface area contributed by atoms with Crippen molar-refractivity contribution in [2.45, 2.75) is 38.3 Å². The van der Waals surface area contributed by atoms with Crippen molar-refractivity contribution < 1.29 is 0 Å². The molecule has 3 heterocycles. The number of guanidine groups is 1. The minimum absolute atomic E-state index is 0. The monoisotopic (exact) mass is 433 g/mol. The van der Waals surface area contributed by atoms with Gasteiger partial charge in [-0.15, -0.1) is 24.0 Å². The predicted octanol–water partition coefficient (Wildman–Crippen LogP) is 0.718. The molecule has 1 aromatic rings. The van der Waals surface area contributed by atoms with Crippen molar-refractivity contribution in [3.63, 3.8) is 0 Å². The highest BCUT2D eigenvalue weighted by Crippen LogP contribution is 2.14. The van der Waals surface area contributed by atoms with E-state index >= 15 is 0 Å². The van der Waals surface area contributed by atoms with E-state index < -0.39 is 0 Å². The molecule has 7 nitrogen and oxygen atoms in total. The van der Waals surface area contributed by atoms with Crippen LogP contribution in [0.2, 0.25) is 0 Å². The molecule has 23 heavy (non-hydrogen) atoms. The van der Waals surface area contributed by atoms with Gasteiger partial charge in [0.2, 0.25) is 0 Å². The molecule has 3 rings (SSSR count). The van der Waals surface area contributed by atoms with Gasteiger partial charge in [0, 0.05) is 32.6 Å². The Balaban J connectivity index is 0.00000192. The number of likely N-dealkylation sites (tertiary alicyclic amines) is 1. The normalized spacial score (nSPS) is 25.4. The lowest BCUT2D eigenvalue weighted by atomic mass is 9.98. The molecular weight excluding hydrogens is 405 g/mol. The molecule has 2 N–H and O–H groups in total. The van der Waals surface area contributed by atoms with Crippen LogP contribution in [0.25, 0.3) is 0 Å². The van der Waals surface area contributed by atoms with Crippen LogP contribution in [0.3, 0.4) is 0 Å². The molecular formula is C15H28IN7. The van der Waals surface area contributed by atoms with Gasteiger partial charge >= 0.3 is 0 Å². The molecule has 8 heteroatoms. The highest BCUT2D eigenvalue weighted by Gasteiger charge is 2.21. The van der Waals surface area contributed by atoms with Crippen molar-refractivity contribution in [3.8, 4) is 0 Å². The number of hydrogen-bond donors (Lipinski definition) is 2. The number of aromatic nitrogens is 3. The maximum absolute atomic E-state index is 4.36. The molecule has 2 atom stereocenters. The molecule has 2 unspecified atom stereocenters. The Morgan fingerprint density at radius 1 is 1.39 bits per heavy atom. The first kappa shape index (κ1) is 18.4. The zero-order valence-electron chi connectivity index (χ0n) is 14.0. The summed E-state index contributed by atoms with van der Waals surface area (Å²) < 4.78 is 1.99. The van der Waals surface area contributed by atoms with Crippen LogP contribution in [0.15, 0.2) is 11.3 Å². The van der Waals surface area contributed by atoms with E-state index in [-0.39, 0.29) is 24.0 Å². The summed E-state index contributed by atoms with van der Waals surface area (Å²) in [6.07, 6.45) is 6.30. The maximum atomic E-state index is 4.36. The van der Waals surface area contributed by atoms with Gasteiger partial charge in [0.15, 0.2) is 5.96 Å². The molecule has 1 fully saturated rings. The molecule has 0 radical (unpaired) electrons. The number of nitrogens with one attached hydrogen (secondary N) is 2. The van der Waals surface area contributed by atoms with Crippen LogP contribution in [-0.4, -0.2) is 65.4 Å². The molecule has 1 saturated heterocycles. The minimum Gasteiger partial charge on any atom is -0.356 e. The average Bonchev–Trinajstić information content (AvgIpc) is 2.99. The molecule has 0 saturated carbocycles. The molecule has 2 aliphatic rings. The quantitative estimate of drug-likeness (QED) is 0.418. The molecule has 2 aliphatic heterocycles. The summed E-state index contributed by atoms with van der Waals surface area (Å²) in [6.45, 7) is 4.26. The molecule has 0 amide bonds. The van der Waals surface area contributed by atoms with Crippen molar-refractivity contribution in [3.05, 3.63) is 12.2 Å². The van der Waals surface area contributed by atoms with Gasteiger partial charge in [-0.1, -0.05) is 0 Å². The van der Waals surface area contributed by atoms with Crippen molar-refractivity contribution in [2.75, 3.05) is 33.7 Å². The number of halogens is 1. The molecule has 0 spiro atoms. The van der Waals surface area contributed by atoms with E-state index in [1.165, 1.54) is 25.9 Å². The number of aryl methyl sites for hydroxylation is 1. The Morgan fingerprint density at radius 2 is 2.26 bits per heavy atom. The second-order valence-electron chi connectivity index (χ2n) is 6.46. The van der Waals surface area contributed by atoms with Crippen molar-refractivity contribution in [2.24, 2.45) is 10.9 Å². The van der Waals surface area contributed by atoms with Crippen LogP contribution in [0.5, 0.6) is 0 Å². The Bertz CT molecular complexity index is 516. The Hall–Kier alpha value is -0.900. The summed E-state index contributed by atoms with van der Waals surface area (Å²) in [5.74, 6) is 2.71. The van der Waals surface area contributed by atoms with Gasteiger partial charge in [-0.3, -0.25) is 4.99 Å². The van der Waals surface area contributed by atoms with Crippen LogP contribution in [-0.2, 0) is 13.0 Å². The highest BCUT2D eigenvalue weighted by molar-refractivity contribution is 14.0. The number of piperidine rings is 1. The van der Waals surface area contributed by atoms with Crippen LogP contribution >= 0.6 is 24.0 Å². The van der Waals surface area contributed by atoms with E-state index in [9.17, 15) is 0 Å². The fraction of sp³-hybridized carbons (Fsp3) is 0.800. The van der Waals surface area contributed by atoms with Gasteiger partial charge < -0.3 is 15.5 Å². The Labute approximate surface area is 155 Å². The summed E-state index contributed by atoms with van der Waals surface area (Å²) in [5, 5.41) is 11.3. The number of rotatable bonds is 3. The van der Waals surface area contributed by atoms with Gasteiger partial charge in [0.05, 0.1) is 6.54 Å². The predicted molar refractivity (Wildman–Crippen MR) is 102 cm³/mol. The average molecular weight is 433 g/mol. The SMILES string of the molecule is CN=C(NCC1CCCN(C)C1)NC1CCc2ncnn2C1.I. The maximum Gasteiger partial charge on any atom is 0.191 e. The first-order valence-electron chi connectivity index (χ1n) is 8.27. The van der Waals surface area contributed by atoms with E-state index in [1.807, 2.05) is 11.7 Å². The number of fused-ring (bicyclic) bond motifs is 1. The van der Waals surface area contributed by atoms with E-state index in [2.05, 4.69) is 37.7 Å². The second-order valence-corrected chi connectivity index (χ2v) is 6.46. The van der Waals surface area contributed by atoms with Crippen LogP contribution in [0.1, 0.15) is 25.1 Å². The van der Waals surface area contributed by atoms with E-state index in [1.54, 1.807) is 6.33 Å². The summed E-state index contributed by atoms with van der Waals surface area (Å²) in [7, 11) is 4.04. The zero-order valence-corrected chi connectivity index (χ0v) is 16.4. The summed E-state index contributed by atoms with van der Waals surface area (Å²) in [4.78, 5) is 11.0. The van der Waals surface area contributed by atoms with Gasteiger partial charge in [-0.25, -0.2) is 9.67 Å². The molecule has 0 aromatic carbocycles. The smallest absolute Gasteiger partial charge is 0.191 e. The van der Waals surface area contributed by atoms with E-state index in [4.69, 9.17) is 0 Å². The summed E-state index contributed by atoms with van der Waals surface area (Å²) >= 11 is 0. The largest absolute Gasteiger partial charge is 0.356 e. The van der Waals surface area contributed by atoms with Crippen LogP contribution in [0.4, 0.5) is 0 Å². The van der Waals surface area contributed by atoms with E-state index in [0.717, 1.165) is 37.7 Å². The fourth-order valence-corrected chi connectivity index (χ4v) is 3.42.